The van der Waals surface area contributed by atoms with Gasteiger partial charge in [0.25, 0.3) is 0 Å². The fraction of sp³-hybridized carbons (Fsp3) is 0.857. The number of carboxylic acids is 1. The van der Waals surface area contributed by atoms with Crippen molar-refractivity contribution in [2.45, 2.75) is 97.5 Å². The third-order valence-corrected chi connectivity index (χ3v) is 4.97. The highest BCUT2D eigenvalue weighted by molar-refractivity contribution is 5.82. The first-order valence-corrected chi connectivity index (χ1v) is 10.6. The van der Waals surface area contributed by atoms with Gasteiger partial charge in [-0.15, -0.1) is 0 Å². The van der Waals surface area contributed by atoms with E-state index in [0.717, 1.165) is 19.3 Å². The zero-order chi connectivity index (χ0) is 22.1. The molecule has 0 aliphatic carbocycles. The minimum atomic E-state index is -0.980. The Balaban J connectivity index is 2.54. The summed E-state index contributed by atoms with van der Waals surface area (Å²) < 4.78 is 11.5. The summed E-state index contributed by atoms with van der Waals surface area (Å²) in [6.07, 6.45) is 3.61. The molecule has 0 saturated carbocycles. The van der Waals surface area contributed by atoms with E-state index in [4.69, 9.17) is 9.47 Å². The van der Waals surface area contributed by atoms with Crippen LogP contribution in [-0.2, 0) is 23.9 Å². The number of rotatable bonds is 12. The molecule has 0 bridgehead atoms. The van der Waals surface area contributed by atoms with E-state index in [-0.39, 0.29) is 18.2 Å². The van der Waals surface area contributed by atoms with Crippen LogP contribution in [0.15, 0.2) is 0 Å². The lowest BCUT2D eigenvalue weighted by atomic mass is 9.85. The standard InChI is InChI=1S/C21H38N2O6/c1-6-7-8-11-16(24)22-12-9-10-15(13-17(25)26)23-19(27)18-20(2,3)14-28-21(4,5)29-18/h15,18H,6-14H2,1-5H3,(H,22,24)(H,23,27)(H,25,26). The monoisotopic (exact) mass is 414 g/mol. The van der Waals surface area contributed by atoms with Crippen molar-refractivity contribution in [3.8, 4) is 0 Å². The van der Waals surface area contributed by atoms with E-state index in [2.05, 4.69) is 17.6 Å². The number of nitrogens with one attached hydrogen (secondary N) is 2. The molecule has 2 unspecified atom stereocenters. The van der Waals surface area contributed by atoms with Gasteiger partial charge in [-0.05, 0) is 33.1 Å². The first-order chi connectivity index (χ1) is 13.5. The molecule has 1 saturated heterocycles. The summed E-state index contributed by atoms with van der Waals surface area (Å²) in [5, 5.41) is 14.9. The number of ether oxygens (including phenoxy) is 2. The number of carboxylic acid groups (broad SMARTS) is 1. The van der Waals surface area contributed by atoms with Gasteiger partial charge in [0.15, 0.2) is 5.79 Å². The lowest BCUT2D eigenvalue weighted by molar-refractivity contribution is -0.304. The number of hydrogen-bond donors (Lipinski definition) is 3. The summed E-state index contributed by atoms with van der Waals surface area (Å²) in [4.78, 5) is 35.8. The minimum absolute atomic E-state index is 0.0110. The molecule has 0 spiro atoms. The van der Waals surface area contributed by atoms with Crippen LogP contribution in [0.3, 0.4) is 0 Å². The average molecular weight is 415 g/mol. The van der Waals surface area contributed by atoms with Gasteiger partial charge >= 0.3 is 5.97 Å². The van der Waals surface area contributed by atoms with Gasteiger partial charge in [-0.2, -0.15) is 0 Å². The van der Waals surface area contributed by atoms with Crippen LogP contribution in [0.4, 0.5) is 0 Å². The van der Waals surface area contributed by atoms with Gasteiger partial charge < -0.3 is 25.2 Å². The molecule has 1 heterocycles. The van der Waals surface area contributed by atoms with Crippen molar-refractivity contribution in [1.29, 1.82) is 0 Å². The van der Waals surface area contributed by atoms with Crippen molar-refractivity contribution >= 4 is 17.8 Å². The van der Waals surface area contributed by atoms with Crippen molar-refractivity contribution in [2.24, 2.45) is 5.41 Å². The maximum Gasteiger partial charge on any atom is 0.305 e. The molecule has 0 radical (unpaired) electrons. The second-order valence-corrected chi connectivity index (χ2v) is 8.93. The van der Waals surface area contributed by atoms with E-state index < -0.39 is 29.3 Å². The lowest BCUT2D eigenvalue weighted by Crippen LogP contribution is -2.57. The van der Waals surface area contributed by atoms with E-state index in [1.165, 1.54) is 0 Å². The van der Waals surface area contributed by atoms with Gasteiger partial charge in [-0.3, -0.25) is 14.4 Å². The van der Waals surface area contributed by atoms with E-state index in [9.17, 15) is 19.5 Å². The molecule has 0 aromatic heterocycles. The third kappa shape index (κ3) is 9.58. The minimum Gasteiger partial charge on any atom is -0.481 e. The molecule has 0 aromatic rings. The normalized spacial score (nSPS) is 21.2. The van der Waals surface area contributed by atoms with E-state index in [0.29, 0.717) is 32.4 Å². The molecule has 29 heavy (non-hydrogen) atoms. The highest BCUT2D eigenvalue weighted by Crippen LogP contribution is 2.35. The zero-order valence-corrected chi connectivity index (χ0v) is 18.5. The largest absolute Gasteiger partial charge is 0.481 e. The number of carbonyl (C=O) groups excluding carboxylic acids is 2. The Morgan fingerprint density at radius 2 is 1.83 bits per heavy atom. The number of carbonyl (C=O) groups is 3. The molecule has 2 atom stereocenters. The van der Waals surface area contributed by atoms with Gasteiger partial charge in [0.05, 0.1) is 13.0 Å². The van der Waals surface area contributed by atoms with Crippen LogP contribution in [0, 0.1) is 5.41 Å². The molecule has 8 heteroatoms. The maximum atomic E-state index is 12.8. The highest BCUT2D eigenvalue weighted by atomic mass is 16.7. The molecule has 0 aromatic carbocycles. The van der Waals surface area contributed by atoms with Gasteiger partial charge in [0.2, 0.25) is 11.8 Å². The molecule has 1 aliphatic rings. The highest BCUT2D eigenvalue weighted by Gasteiger charge is 2.46. The summed E-state index contributed by atoms with van der Waals surface area (Å²) >= 11 is 0. The maximum absolute atomic E-state index is 12.8. The van der Waals surface area contributed by atoms with Gasteiger partial charge in [-0.25, -0.2) is 0 Å². The summed E-state index contributed by atoms with van der Waals surface area (Å²) in [5.74, 6) is -2.17. The van der Waals surface area contributed by atoms with Crippen LogP contribution in [-0.4, -0.2) is 54.0 Å². The molecule has 168 valence electrons. The Kier molecular flexibility index (Phi) is 10.1. The van der Waals surface area contributed by atoms with Gasteiger partial charge in [-0.1, -0.05) is 33.6 Å². The van der Waals surface area contributed by atoms with Crippen molar-refractivity contribution in [3.05, 3.63) is 0 Å². The van der Waals surface area contributed by atoms with E-state index in [1.807, 2.05) is 13.8 Å². The summed E-state index contributed by atoms with van der Waals surface area (Å²) in [6.45, 7) is 10.2. The van der Waals surface area contributed by atoms with Crippen LogP contribution < -0.4 is 10.6 Å². The Labute approximate surface area is 174 Å². The Morgan fingerprint density at radius 1 is 1.14 bits per heavy atom. The van der Waals surface area contributed by atoms with Crippen LogP contribution in [0.1, 0.15) is 79.6 Å². The molecule has 1 aliphatic heterocycles. The number of amides is 2. The van der Waals surface area contributed by atoms with Crippen LogP contribution in [0.5, 0.6) is 0 Å². The number of hydrogen-bond acceptors (Lipinski definition) is 5. The fourth-order valence-corrected chi connectivity index (χ4v) is 3.23. The fourth-order valence-electron chi connectivity index (χ4n) is 3.23. The van der Waals surface area contributed by atoms with Crippen molar-refractivity contribution in [2.75, 3.05) is 13.2 Å². The molecule has 2 amide bonds. The summed E-state index contributed by atoms with van der Waals surface area (Å²) in [6, 6.07) is -0.526. The summed E-state index contributed by atoms with van der Waals surface area (Å²) in [5.41, 5.74) is -0.528. The molecular weight excluding hydrogens is 376 g/mol. The summed E-state index contributed by atoms with van der Waals surface area (Å²) in [7, 11) is 0. The van der Waals surface area contributed by atoms with Crippen molar-refractivity contribution in [1.82, 2.24) is 10.6 Å². The Bertz CT molecular complexity index is 561. The predicted octanol–water partition coefficient (Wildman–Crippen LogP) is 2.60. The van der Waals surface area contributed by atoms with Crippen LogP contribution in [0.25, 0.3) is 0 Å². The van der Waals surface area contributed by atoms with E-state index >= 15 is 0 Å². The molecule has 1 fully saturated rings. The average Bonchev–Trinajstić information content (AvgIpc) is 2.60. The molecule has 8 nitrogen and oxygen atoms in total. The van der Waals surface area contributed by atoms with Gasteiger partial charge in [0, 0.05) is 24.4 Å². The topological polar surface area (TPSA) is 114 Å². The van der Waals surface area contributed by atoms with Crippen molar-refractivity contribution < 1.29 is 29.0 Å². The van der Waals surface area contributed by atoms with Crippen LogP contribution in [0.2, 0.25) is 0 Å². The molecular formula is C21H38N2O6. The first-order valence-electron chi connectivity index (χ1n) is 10.6. The second kappa shape index (κ2) is 11.5. The Morgan fingerprint density at radius 3 is 2.45 bits per heavy atom. The van der Waals surface area contributed by atoms with E-state index in [1.54, 1.807) is 13.8 Å². The number of aliphatic carboxylic acids is 1. The SMILES string of the molecule is CCCCCC(=O)NCCCC(CC(=O)O)NC(=O)C1OC(C)(C)OCC1(C)C. The third-order valence-electron chi connectivity index (χ3n) is 4.97. The predicted molar refractivity (Wildman–Crippen MR) is 109 cm³/mol. The zero-order valence-electron chi connectivity index (χ0n) is 18.5. The second-order valence-electron chi connectivity index (χ2n) is 8.93. The molecule has 1 rings (SSSR count). The number of unbranched alkanes of at least 4 members (excludes halogenated alkanes) is 2. The van der Waals surface area contributed by atoms with Crippen LogP contribution >= 0.6 is 0 Å². The smallest absolute Gasteiger partial charge is 0.305 e. The first kappa shape index (κ1) is 25.4. The van der Waals surface area contributed by atoms with Gasteiger partial charge in [0.1, 0.15) is 6.10 Å². The quantitative estimate of drug-likeness (QED) is 0.423. The lowest BCUT2D eigenvalue weighted by Gasteiger charge is -2.45. The molecule has 3 N–H and O–H groups in total. The Hall–Kier alpha value is -1.67. The van der Waals surface area contributed by atoms with Crippen molar-refractivity contribution in [3.63, 3.8) is 0 Å².